The number of nitrogens with zero attached hydrogens (tertiary/aromatic N) is 3. The molecular formula is C21H19N5O4. The fourth-order valence-electron chi connectivity index (χ4n) is 4.12. The summed E-state index contributed by atoms with van der Waals surface area (Å²) in [5.74, 6) is 0.355. The van der Waals surface area contributed by atoms with Crippen LogP contribution in [0.5, 0.6) is 5.88 Å². The Bertz CT molecular complexity index is 1280. The molecular weight excluding hydrogens is 386 g/mol. The maximum absolute atomic E-state index is 11.1. The summed E-state index contributed by atoms with van der Waals surface area (Å²) in [7, 11) is 1.50. The molecule has 3 aromatic heterocycles. The molecule has 152 valence electrons. The summed E-state index contributed by atoms with van der Waals surface area (Å²) in [4.78, 5) is 23.2. The minimum Gasteiger partial charge on any atom is -0.481 e. The van der Waals surface area contributed by atoms with Crippen LogP contribution in [0, 0.1) is 0 Å². The summed E-state index contributed by atoms with van der Waals surface area (Å²) in [6.45, 7) is 0. The molecule has 0 fully saturated rings. The molecule has 0 saturated carbocycles. The third-order valence-electron chi connectivity index (χ3n) is 5.51. The minimum atomic E-state index is -0.778. The van der Waals surface area contributed by atoms with Crippen molar-refractivity contribution in [2.45, 2.75) is 25.2 Å². The van der Waals surface area contributed by atoms with Crippen LogP contribution < -0.4 is 10.5 Å². The molecule has 9 nitrogen and oxygen atoms in total. The number of aryl methyl sites for hydroxylation is 1. The number of pyridine rings is 1. The summed E-state index contributed by atoms with van der Waals surface area (Å²) in [6.07, 6.45) is 3.40. The molecule has 0 aliphatic heterocycles. The van der Waals surface area contributed by atoms with Gasteiger partial charge in [0.2, 0.25) is 11.7 Å². The predicted octanol–water partition coefficient (Wildman–Crippen LogP) is 3.38. The number of carbonyl (C=O) groups is 1. The Morgan fingerprint density at radius 2 is 2.23 bits per heavy atom. The van der Waals surface area contributed by atoms with Gasteiger partial charge in [0.1, 0.15) is 0 Å². The number of anilines is 1. The first-order chi connectivity index (χ1) is 14.5. The maximum Gasteiger partial charge on any atom is 0.304 e. The lowest BCUT2D eigenvalue weighted by Crippen LogP contribution is -2.03. The van der Waals surface area contributed by atoms with Crippen LogP contribution in [0.4, 0.5) is 5.69 Å². The van der Waals surface area contributed by atoms with Crippen LogP contribution in [0.25, 0.3) is 33.7 Å². The topological polar surface area (TPSA) is 140 Å². The van der Waals surface area contributed by atoms with Crippen molar-refractivity contribution in [2.75, 3.05) is 12.8 Å². The Balaban J connectivity index is 1.49. The van der Waals surface area contributed by atoms with E-state index >= 15 is 0 Å². The van der Waals surface area contributed by atoms with Gasteiger partial charge in [-0.1, -0.05) is 5.16 Å². The van der Waals surface area contributed by atoms with Crippen LogP contribution in [0.1, 0.15) is 30.0 Å². The standard InChI is InChI=1S/C21H19N5O4/c1-29-21-15(22)7-12(9-23-21)20-25-19(26-30-20)11-3-5-16-14(6-11)13-4-2-10(8-17(27)28)18(13)24-16/h3,5-7,9-10,24H,2,4,8,22H2,1H3,(H,27,28). The van der Waals surface area contributed by atoms with E-state index in [1.54, 1.807) is 12.3 Å². The second kappa shape index (κ2) is 6.87. The van der Waals surface area contributed by atoms with E-state index in [-0.39, 0.29) is 12.3 Å². The van der Waals surface area contributed by atoms with E-state index in [9.17, 15) is 4.79 Å². The number of hydrogen-bond donors (Lipinski definition) is 3. The third-order valence-corrected chi connectivity index (χ3v) is 5.51. The van der Waals surface area contributed by atoms with Gasteiger partial charge in [-0.25, -0.2) is 4.98 Å². The quantitative estimate of drug-likeness (QED) is 0.459. The van der Waals surface area contributed by atoms with E-state index in [0.717, 1.165) is 35.0 Å². The lowest BCUT2D eigenvalue weighted by Gasteiger charge is -2.05. The van der Waals surface area contributed by atoms with Gasteiger partial charge in [0.15, 0.2) is 0 Å². The molecule has 1 aliphatic rings. The van der Waals surface area contributed by atoms with Crippen LogP contribution in [0.3, 0.4) is 0 Å². The van der Waals surface area contributed by atoms with E-state index < -0.39 is 5.97 Å². The lowest BCUT2D eigenvalue weighted by atomic mass is 10.0. The zero-order valence-corrected chi connectivity index (χ0v) is 16.2. The van der Waals surface area contributed by atoms with Crippen molar-refractivity contribution in [2.24, 2.45) is 0 Å². The van der Waals surface area contributed by atoms with Crippen molar-refractivity contribution in [3.8, 4) is 28.7 Å². The van der Waals surface area contributed by atoms with Gasteiger partial charge in [0.05, 0.1) is 24.8 Å². The fraction of sp³-hybridized carbons (Fsp3) is 0.238. The Morgan fingerprint density at radius 3 is 3.00 bits per heavy atom. The van der Waals surface area contributed by atoms with Crippen LogP contribution in [-0.4, -0.2) is 38.3 Å². The third kappa shape index (κ3) is 2.95. The van der Waals surface area contributed by atoms with E-state index in [1.807, 2.05) is 18.2 Å². The number of aromatic amines is 1. The number of fused-ring (bicyclic) bond motifs is 3. The minimum absolute atomic E-state index is 0.0261. The van der Waals surface area contributed by atoms with Crippen LogP contribution in [0.15, 0.2) is 35.0 Å². The second-order valence-corrected chi connectivity index (χ2v) is 7.36. The van der Waals surface area contributed by atoms with Gasteiger partial charge in [-0.05, 0) is 42.7 Å². The summed E-state index contributed by atoms with van der Waals surface area (Å²) in [6, 6.07) is 7.57. The van der Waals surface area contributed by atoms with Crippen molar-refractivity contribution in [3.63, 3.8) is 0 Å². The molecule has 1 unspecified atom stereocenters. The van der Waals surface area contributed by atoms with E-state index in [0.29, 0.717) is 28.8 Å². The highest BCUT2D eigenvalue weighted by molar-refractivity contribution is 5.89. The molecule has 1 aromatic carbocycles. The molecule has 0 spiro atoms. The number of ether oxygens (including phenoxy) is 1. The molecule has 0 saturated heterocycles. The van der Waals surface area contributed by atoms with Gasteiger partial charge in [-0.15, -0.1) is 0 Å². The number of aromatic nitrogens is 4. The summed E-state index contributed by atoms with van der Waals surface area (Å²) in [5, 5.41) is 14.3. The predicted molar refractivity (Wildman–Crippen MR) is 109 cm³/mol. The van der Waals surface area contributed by atoms with E-state index in [4.69, 9.17) is 20.1 Å². The molecule has 1 atom stereocenters. The maximum atomic E-state index is 11.1. The van der Waals surface area contributed by atoms with Crippen molar-refractivity contribution in [1.29, 1.82) is 0 Å². The first-order valence-corrected chi connectivity index (χ1v) is 9.53. The Labute approximate surface area is 170 Å². The van der Waals surface area contributed by atoms with E-state index in [1.165, 1.54) is 12.7 Å². The molecule has 30 heavy (non-hydrogen) atoms. The number of carboxylic acids is 1. The van der Waals surface area contributed by atoms with Crippen LogP contribution >= 0.6 is 0 Å². The van der Waals surface area contributed by atoms with Gasteiger partial charge < -0.3 is 25.1 Å². The largest absolute Gasteiger partial charge is 0.481 e. The lowest BCUT2D eigenvalue weighted by molar-refractivity contribution is -0.137. The number of nitrogens with one attached hydrogen (secondary N) is 1. The molecule has 4 N–H and O–H groups in total. The van der Waals surface area contributed by atoms with E-state index in [2.05, 4.69) is 20.1 Å². The number of methoxy groups -OCH3 is 1. The first kappa shape index (κ1) is 18.2. The zero-order valence-electron chi connectivity index (χ0n) is 16.2. The van der Waals surface area contributed by atoms with Crippen molar-refractivity contribution in [3.05, 3.63) is 41.7 Å². The molecule has 9 heteroatoms. The molecule has 1 aliphatic carbocycles. The number of H-pyrrole nitrogens is 1. The van der Waals surface area contributed by atoms with Crippen molar-refractivity contribution < 1.29 is 19.2 Å². The van der Waals surface area contributed by atoms with Crippen LogP contribution in [-0.2, 0) is 11.2 Å². The number of benzene rings is 1. The number of rotatable bonds is 5. The normalized spacial score (nSPS) is 15.4. The van der Waals surface area contributed by atoms with Crippen molar-refractivity contribution >= 4 is 22.6 Å². The fourth-order valence-corrected chi connectivity index (χ4v) is 4.12. The smallest absolute Gasteiger partial charge is 0.304 e. The molecule has 5 rings (SSSR count). The molecule has 4 aromatic rings. The number of nitrogens with two attached hydrogens (primary N) is 1. The Morgan fingerprint density at radius 1 is 1.37 bits per heavy atom. The van der Waals surface area contributed by atoms with Gasteiger partial charge in [0, 0.05) is 34.3 Å². The highest BCUT2D eigenvalue weighted by Gasteiger charge is 2.28. The first-order valence-electron chi connectivity index (χ1n) is 9.53. The van der Waals surface area contributed by atoms with Gasteiger partial charge in [-0.2, -0.15) is 4.98 Å². The molecule has 0 amide bonds. The highest BCUT2D eigenvalue weighted by atomic mass is 16.5. The second-order valence-electron chi connectivity index (χ2n) is 7.36. The molecule has 0 bridgehead atoms. The molecule has 3 heterocycles. The van der Waals surface area contributed by atoms with Gasteiger partial charge >= 0.3 is 5.97 Å². The van der Waals surface area contributed by atoms with Crippen molar-refractivity contribution in [1.82, 2.24) is 20.1 Å². The Kier molecular flexibility index (Phi) is 4.16. The highest BCUT2D eigenvalue weighted by Crippen LogP contribution is 2.40. The summed E-state index contributed by atoms with van der Waals surface area (Å²) >= 11 is 0. The zero-order chi connectivity index (χ0) is 20.8. The van der Waals surface area contributed by atoms with Crippen LogP contribution in [0.2, 0.25) is 0 Å². The monoisotopic (exact) mass is 405 g/mol. The summed E-state index contributed by atoms with van der Waals surface area (Å²) < 4.78 is 10.5. The van der Waals surface area contributed by atoms with Gasteiger partial charge in [0.25, 0.3) is 5.89 Å². The average Bonchev–Trinajstić information content (AvgIpc) is 3.43. The Hall–Kier alpha value is -3.88. The summed E-state index contributed by atoms with van der Waals surface area (Å²) in [5.41, 5.74) is 10.9. The number of aliphatic carboxylic acids is 1. The number of hydrogen-bond acceptors (Lipinski definition) is 7. The average molecular weight is 405 g/mol. The number of nitrogen functional groups attached to an aromatic ring is 1. The molecule has 0 radical (unpaired) electrons. The number of carboxylic acid groups (broad SMARTS) is 1. The van der Waals surface area contributed by atoms with Gasteiger partial charge in [-0.3, -0.25) is 4.79 Å². The SMILES string of the molecule is COc1ncc(-c2nc(-c3ccc4[nH]c5c(c4c3)CCC5CC(=O)O)no2)cc1N.